The van der Waals surface area contributed by atoms with E-state index in [4.69, 9.17) is 18.9 Å². The molecule has 1 N–H and O–H groups in total. The molecule has 2 aromatic rings. The number of para-hydroxylation sites is 2. The number of methoxy groups -OCH3 is 2. The van der Waals surface area contributed by atoms with Crippen molar-refractivity contribution in [2.45, 2.75) is 22.8 Å². The van der Waals surface area contributed by atoms with Crippen molar-refractivity contribution in [2.75, 3.05) is 45.7 Å². The summed E-state index contributed by atoms with van der Waals surface area (Å²) in [6.07, 6.45) is 0. The third kappa shape index (κ3) is 6.47. The van der Waals surface area contributed by atoms with Crippen molar-refractivity contribution in [1.29, 1.82) is 0 Å². The van der Waals surface area contributed by atoms with Crippen LogP contribution in [0.2, 0.25) is 0 Å². The molecule has 0 bridgehead atoms. The number of rotatable bonds is 10. The molecule has 7 heteroatoms. The van der Waals surface area contributed by atoms with Crippen molar-refractivity contribution in [3.05, 3.63) is 42.5 Å². The van der Waals surface area contributed by atoms with Gasteiger partial charge in [0, 0.05) is 23.5 Å². The molecule has 0 aliphatic carbocycles. The Labute approximate surface area is 181 Å². The first-order valence-electron chi connectivity index (χ1n) is 9.70. The van der Waals surface area contributed by atoms with Crippen molar-refractivity contribution in [3.63, 3.8) is 0 Å². The standard InChI is InChI=1S/C22H29NO4S2/c1-16(11-23-17-12-26-18-7-4-5-9-20(18)29-14-17)13-28-21-10-6-8-19(25-3)22(21)27-15-24-2/h4-10,16-17,23H,11-15H2,1-3H3/t16-,17?/m1/s1. The average molecular weight is 436 g/mol. The van der Waals surface area contributed by atoms with Gasteiger partial charge in [0.25, 0.3) is 0 Å². The van der Waals surface area contributed by atoms with E-state index in [2.05, 4.69) is 30.4 Å². The van der Waals surface area contributed by atoms with Gasteiger partial charge >= 0.3 is 0 Å². The SMILES string of the molecule is COCOc1c(OC)cccc1SC[C@H](C)CNC1COc2ccccc2SC1. The highest BCUT2D eigenvalue weighted by atomic mass is 32.2. The zero-order valence-corrected chi connectivity index (χ0v) is 18.8. The molecule has 0 fully saturated rings. The van der Waals surface area contributed by atoms with Gasteiger partial charge in [-0.1, -0.05) is 25.1 Å². The fourth-order valence-electron chi connectivity index (χ4n) is 2.92. The number of fused-ring (bicyclic) bond motifs is 1. The molecule has 3 rings (SSSR count). The molecule has 0 amide bonds. The molecule has 1 aliphatic heterocycles. The molecule has 1 heterocycles. The Morgan fingerprint density at radius 1 is 1.21 bits per heavy atom. The molecule has 2 aromatic carbocycles. The number of hydrogen-bond donors (Lipinski definition) is 1. The Kier molecular flexibility index (Phi) is 8.86. The van der Waals surface area contributed by atoms with Crippen molar-refractivity contribution in [2.24, 2.45) is 5.92 Å². The predicted molar refractivity (Wildman–Crippen MR) is 120 cm³/mol. The zero-order valence-electron chi connectivity index (χ0n) is 17.2. The summed E-state index contributed by atoms with van der Waals surface area (Å²) in [5.74, 6) is 4.95. The normalized spacial score (nSPS) is 17.0. The van der Waals surface area contributed by atoms with E-state index >= 15 is 0 Å². The van der Waals surface area contributed by atoms with E-state index in [1.165, 1.54) is 4.90 Å². The van der Waals surface area contributed by atoms with Gasteiger partial charge in [-0.2, -0.15) is 0 Å². The summed E-state index contributed by atoms with van der Waals surface area (Å²) in [4.78, 5) is 2.29. The van der Waals surface area contributed by atoms with Crippen LogP contribution in [0.1, 0.15) is 6.92 Å². The van der Waals surface area contributed by atoms with Gasteiger partial charge in [-0.15, -0.1) is 23.5 Å². The van der Waals surface area contributed by atoms with Gasteiger partial charge in [0.1, 0.15) is 12.4 Å². The largest absolute Gasteiger partial charge is 0.493 e. The number of nitrogens with one attached hydrogen (secondary N) is 1. The second-order valence-corrected chi connectivity index (χ2v) is 9.05. The van der Waals surface area contributed by atoms with Crippen molar-refractivity contribution >= 4 is 23.5 Å². The first kappa shape index (κ1) is 22.2. The number of hydrogen-bond acceptors (Lipinski definition) is 7. The van der Waals surface area contributed by atoms with Crippen molar-refractivity contribution in [1.82, 2.24) is 5.32 Å². The fraction of sp³-hybridized carbons (Fsp3) is 0.455. The summed E-state index contributed by atoms with van der Waals surface area (Å²) in [5, 5.41) is 3.67. The van der Waals surface area contributed by atoms with Crippen molar-refractivity contribution in [3.8, 4) is 17.2 Å². The van der Waals surface area contributed by atoms with Crippen LogP contribution < -0.4 is 19.5 Å². The first-order chi connectivity index (χ1) is 14.2. The zero-order chi connectivity index (χ0) is 20.5. The lowest BCUT2D eigenvalue weighted by atomic mass is 10.2. The molecule has 0 radical (unpaired) electrons. The van der Waals surface area contributed by atoms with Gasteiger partial charge in [-0.3, -0.25) is 0 Å². The highest BCUT2D eigenvalue weighted by molar-refractivity contribution is 7.99. The minimum absolute atomic E-state index is 0.201. The maximum atomic E-state index is 5.97. The summed E-state index contributed by atoms with van der Waals surface area (Å²) in [7, 11) is 3.27. The summed E-state index contributed by atoms with van der Waals surface area (Å²) in [6, 6.07) is 14.5. The molecule has 158 valence electrons. The summed E-state index contributed by atoms with van der Waals surface area (Å²) >= 11 is 3.64. The van der Waals surface area contributed by atoms with Crippen LogP contribution in [0.25, 0.3) is 0 Å². The Morgan fingerprint density at radius 3 is 2.90 bits per heavy atom. The number of benzene rings is 2. The van der Waals surface area contributed by atoms with Gasteiger partial charge in [-0.25, -0.2) is 0 Å². The van der Waals surface area contributed by atoms with Crippen LogP contribution in [0.3, 0.4) is 0 Å². The summed E-state index contributed by atoms with van der Waals surface area (Å²) in [5.41, 5.74) is 0. The average Bonchev–Trinajstić information content (AvgIpc) is 2.97. The Hall–Kier alpha value is -1.54. The Morgan fingerprint density at radius 2 is 2.07 bits per heavy atom. The van der Waals surface area contributed by atoms with Crippen LogP contribution in [0.5, 0.6) is 17.2 Å². The Bertz CT molecular complexity index is 747. The monoisotopic (exact) mass is 435 g/mol. The van der Waals surface area contributed by atoms with Crippen LogP contribution in [-0.4, -0.2) is 51.7 Å². The molecule has 2 atom stereocenters. The Balaban J connectivity index is 1.47. The van der Waals surface area contributed by atoms with Gasteiger partial charge in [0.15, 0.2) is 18.3 Å². The van der Waals surface area contributed by atoms with E-state index in [1.54, 1.807) is 26.0 Å². The van der Waals surface area contributed by atoms with E-state index < -0.39 is 0 Å². The highest BCUT2D eigenvalue weighted by Crippen LogP contribution is 2.38. The molecule has 29 heavy (non-hydrogen) atoms. The van der Waals surface area contributed by atoms with E-state index in [-0.39, 0.29) is 6.79 Å². The van der Waals surface area contributed by atoms with Gasteiger partial charge in [0.2, 0.25) is 0 Å². The van der Waals surface area contributed by atoms with Crippen LogP contribution >= 0.6 is 23.5 Å². The highest BCUT2D eigenvalue weighted by Gasteiger charge is 2.18. The van der Waals surface area contributed by atoms with Crippen LogP contribution in [-0.2, 0) is 4.74 Å². The van der Waals surface area contributed by atoms with Crippen LogP contribution in [0.4, 0.5) is 0 Å². The maximum Gasteiger partial charge on any atom is 0.188 e. The molecule has 0 saturated carbocycles. The molecule has 1 aliphatic rings. The van der Waals surface area contributed by atoms with E-state index in [1.807, 2.05) is 36.0 Å². The lowest BCUT2D eigenvalue weighted by molar-refractivity contribution is 0.0471. The van der Waals surface area contributed by atoms with E-state index in [9.17, 15) is 0 Å². The third-order valence-corrected chi connectivity index (χ3v) is 7.08. The van der Waals surface area contributed by atoms with E-state index in [0.29, 0.717) is 18.6 Å². The number of thioether (sulfide) groups is 2. The molecule has 0 saturated heterocycles. The minimum Gasteiger partial charge on any atom is -0.493 e. The summed E-state index contributed by atoms with van der Waals surface area (Å²) in [6.45, 7) is 4.10. The first-order valence-corrected chi connectivity index (χ1v) is 11.7. The topological polar surface area (TPSA) is 49.0 Å². The fourth-order valence-corrected chi connectivity index (χ4v) is 5.01. The molecular formula is C22H29NO4S2. The third-order valence-electron chi connectivity index (χ3n) is 4.49. The number of ether oxygens (including phenoxy) is 4. The summed E-state index contributed by atoms with van der Waals surface area (Å²) < 4.78 is 22.2. The minimum atomic E-state index is 0.201. The lowest BCUT2D eigenvalue weighted by Gasteiger charge is -2.20. The maximum absolute atomic E-state index is 5.97. The lowest BCUT2D eigenvalue weighted by Crippen LogP contribution is -2.39. The van der Waals surface area contributed by atoms with Gasteiger partial charge in [-0.05, 0) is 36.7 Å². The molecule has 1 unspecified atom stereocenters. The quantitative estimate of drug-likeness (QED) is 0.434. The van der Waals surface area contributed by atoms with Crippen molar-refractivity contribution < 1.29 is 18.9 Å². The van der Waals surface area contributed by atoms with Crippen LogP contribution in [0.15, 0.2) is 52.3 Å². The molecule has 0 aromatic heterocycles. The van der Waals surface area contributed by atoms with Gasteiger partial charge < -0.3 is 24.3 Å². The van der Waals surface area contributed by atoms with E-state index in [0.717, 1.165) is 40.2 Å². The molecular weight excluding hydrogens is 406 g/mol. The second kappa shape index (κ2) is 11.6. The predicted octanol–water partition coefficient (Wildman–Crippen LogP) is 4.55. The molecule has 0 spiro atoms. The van der Waals surface area contributed by atoms with Crippen LogP contribution in [0, 0.1) is 5.92 Å². The second-order valence-electron chi connectivity index (χ2n) is 6.93. The molecule has 5 nitrogen and oxygen atoms in total. The van der Waals surface area contributed by atoms with Gasteiger partial charge in [0.05, 0.1) is 18.0 Å². The smallest absolute Gasteiger partial charge is 0.188 e.